The first kappa shape index (κ1) is 12.9. The number of carbonyl (C=O) groups excluding carboxylic acids is 1. The number of esters is 1. The van der Waals surface area contributed by atoms with Gasteiger partial charge in [0.25, 0.3) is 0 Å². The molecule has 94 valence electrons. The standard InChI is InChI=1S/C13H12ClNO2S/c1-17-13(16)11-7-9(14)4-5-12(11)15-8-10-3-2-6-18-10/h2-7,15H,8H2,1H3. The molecule has 0 spiro atoms. The Labute approximate surface area is 114 Å². The van der Waals surface area contributed by atoms with Gasteiger partial charge >= 0.3 is 5.97 Å². The van der Waals surface area contributed by atoms with Crippen molar-refractivity contribution in [3.05, 3.63) is 51.2 Å². The summed E-state index contributed by atoms with van der Waals surface area (Å²) in [5.74, 6) is -0.397. The van der Waals surface area contributed by atoms with Crippen LogP contribution in [0.3, 0.4) is 0 Å². The van der Waals surface area contributed by atoms with Crippen molar-refractivity contribution in [2.24, 2.45) is 0 Å². The molecule has 1 heterocycles. The highest BCUT2D eigenvalue weighted by molar-refractivity contribution is 7.09. The van der Waals surface area contributed by atoms with E-state index in [1.54, 1.807) is 29.5 Å². The number of benzene rings is 1. The Hall–Kier alpha value is -1.52. The first-order chi connectivity index (χ1) is 8.70. The van der Waals surface area contributed by atoms with E-state index in [4.69, 9.17) is 16.3 Å². The van der Waals surface area contributed by atoms with Crippen molar-refractivity contribution in [3.8, 4) is 0 Å². The van der Waals surface area contributed by atoms with E-state index in [0.717, 1.165) is 5.69 Å². The van der Waals surface area contributed by atoms with Crippen LogP contribution in [-0.2, 0) is 11.3 Å². The summed E-state index contributed by atoms with van der Waals surface area (Å²) < 4.78 is 4.73. The summed E-state index contributed by atoms with van der Waals surface area (Å²) in [6.45, 7) is 0.670. The van der Waals surface area contributed by atoms with E-state index in [9.17, 15) is 4.79 Å². The minimum absolute atomic E-state index is 0.397. The lowest BCUT2D eigenvalue weighted by atomic mass is 10.2. The lowest BCUT2D eigenvalue weighted by Gasteiger charge is -2.10. The first-order valence-corrected chi connectivity index (χ1v) is 6.60. The molecule has 1 aromatic carbocycles. The third kappa shape index (κ3) is 3.03. The predicted molar refractivity (Wildman–Crippen MR) is 74.4 cm³/mol. The molecule has 3 nitrogen and oxygen atoms in total. The van der Waals surface area contributed by atoms with Crippen molar-refractivity contribution >= 4 is 34.6 Å². The third-order valence-electron chi connectivity index (χ3n) is 2.42. The molecule has 0 aliphatic heterocycles. The Morgan fingerprint density at radius 2 is 2.28 bits per heavy atom. The van der Waals surface area contributed by atoms with Gasteiger partial charge in [0.1, 0.15) is 0 Å². The van der Waals surface area contributed by atoms with Crippen LogP contribution in [0.1, 0.15) is 15.2 Å². The van der Waals surface area contributed by atoms with Crippen molar-refractivity contribution in [2.75, 3.05) is 12.4 Å². The highest BCUT2D eigenvalue weighted by Crippen LogP contribution is 2.22. The molecule has 0 amide bonds. The lowest BCUT2D eigenvalue weighted by Crippen LogP contribution is -2.07. The van der Waals surface area contributed by atoms with Crippen LogP contribution in [0.15, 0.2) is 35.7 Å². The zero-order valence-electron chi connectivity index (χ0n) is 9.77. The third-order valence-corrected chi connectivity index (χ3v) is 3.53. The predicted octanol–water partition coefficient (Wildman–Crippen LogP) is 3.80. The zero-order valence-corrected chi connectivity index (χ0v) is 11.3. The number of hydrogen-bond acceptors (Lipinski definition) is 4. The fraction of sp³-hybridized carbons (Fsp3) is 0.154. The van der Waals surface area contributed by atoms with Crippen LogP contribution in [0, 0.1) is 0 Å². The van der Waals surface area contributed by atoms with E-state index >= 15 is 0 Å². The quantitative estimate of drug-likeness (QED) is 0.866. The van der Waals surface area contributed by atoms with Crippen LogP contribution < -0.4 is 5.32 Å². The molecule has 5 heteroatoms. The van der Waals surface area contributed by atoms with Gasteiger partial charge in [-0.15, -0.1) is 11.3 Å². The van der Waals surface area contributed by atoms with E-state index in [2.05, 4.69) is 5.32 Å². The second-order valence-corrected chi connectivity index (χ2v) is 5.08. The Bertz CT molecular complexity index is 540. The van der Waals surface area contributed by atoms with Crippen LogP contribution in [0.2, 0.25) is 5.02 Å². The number of nitrogens with one attached hydrogen (secondary N) is 1. The largest absolute Gasteiger partial charge is 0.465 e. The van der Waals surface area contributed by atoms with Gasteiger partial charge in [0.05, 0.1) is 12.7 Å². The SMILES string of the molecule is COC(=O)c1cc(Cl)ccc1NCc1cccs1. The monoisotopic (exact) mass is 281 g/mol. The maximum atomic E-state index is 11.6. The summed E-state index contributed by atoms with van der Waals surface area (Å²) in [6, 6.07) is 9.15. The summed E-state index contributed by atoms with van der Waals surface area (Å²) in [6.07, 6.45) is 0. The van der Waals surface area contributed by atoms with E-state index in [1.807, 2.05) is 17.5 Å². The fourth-order valence-corrected chi connectivity index (χ4v) is 2.36. The summed E-state index contributed by atoms with van der Waals surface area (Å²) in [5, 5.41) is 5.73. The summed E-state index contributed by atoms with van der Waals surface area (Å²) in [7, 11) is 1.35. The molecule has 18 heavy (non-hydrogen) atoms. The highest BCUT2D eigenvalue weighted by Gasteiger charge is 2.12. The molecule has 0 atom stereocenters. The van der Waals surface area contributed by atoms with Gasteiger partial charge in [-0.05, 0) is 29.6 Å². The molecular formula is C13H12ClNO2S. The summed E-state index contributed by atoms with van der Waals surface area (Å²) >= 11 is 7.54. The van der Waals surface area contributed by atoms with Crippen LogP contribution in [-0.4, -0.2) is 13.1 Å². The summed E-state index contributed by atoms with van der Waals surface area (Å²) in [5.41, 5.74) is 1.17. The van der Waals surface area contributed by atoms with Crippen molar-refractivity contribution in [3.63, 3.8) is 0 Å². The van der Waals surface area contributed by atoms with Gasteiger partial charge < -0.3 is 10.1 Å². The summed E-state index contributed by atoms with van der Waals surface area (Å²) in [4.78, 5) is 12.8. The zero-order chi connectivity index (χ0) is 13.0. The molecular weight excluding hydrogens is 270 g/mol. The molecule has 2 aromatic rings. The second-order valence-electron chi connectivity index (χ2n) is 3.61. The molecule has 1 aromatic heterocycles. The molecule has 0 saturated heterocycles. The maximum Gasteiger partial charge on any atom is 0.340 e. The van der Waals surface area contributed by atoms with Crippen molar-refractivity contribution in [1.82, 2.24) is 0 Å². The topological polar surface area (TPSA) is 38.3 Å². The number of thiophene rings is 1. The molecule has 2 rings (SSSR count). The van der Waals surface area contributed by atoms with E-state index in [1.165, 1.54) is 12.0 Å². The Balaban J connectivity index is 2.18. The van der Waals surface area contributed by atoms with Crippen molar-refractivity contribution in [2.45, 2.75) is 6.54 Å². The van der Waals surface area contributed by atoms with Crippen LogP contribution in [0.4, 0.5) is 5.69 Å². The van der Waals surface area contributed by atoms with Gasteiger partial charge in [0, 0.05) is 22.1 Å². The fourth-order valence-electron chi connectivity index (χ4n) is 1.54. The lowest BCUT2D eigenvalue weighted by molar-refractivity contribution is 0.0602. The number of methoxy groups -OCH3 is 1. The minimum atomic E-state index is -0.397. The number of anilines is 1. The van der Waals surface area contributed by atoms with Gasteiger partial charge in [-0.2, -0.15) is 0 Å². The molecule has 0 aliphatic carbocycles. The highest BCUT2D eigenvalue weighted by atomic mass is 35.5. The number of carbonyl (C=O) groups is 1. The Morgan fingerprint density at radius 1 is 1.44 bits per heavy atom. The number of ether oxygens (including phenoxy) is 1. The second kappa shape index (κ2) is 5.89. The van der Waals surface area contributed by atoms with E-state index in [0.29, 0.717) is 17.1 Å². The smallest absolute Gasteiger partial charge is 0.340 e. The number of rotatable bonds is 4. The van der Waals surface area contributed by atoms with Crippen LogP contribution >= 0.6 is 22.9 Å². The van der Waals surface area contributed by atoms with Crippen molar-refractivity contribution < 1.29 is 9.53 Å². The molecule has 1 N–H and O–H groups in total. The van der Waals surface area contributed by atoms with Gasteiger partial charge in [-0.25, -0.2) is 4.79 Å². The molecule has 0 bridgehead atoms. The number of hydrogen-bond donors (Lipinski definition) is 1. The maximum absolute atomic E-state index is 11.6. The molecule has 0 fully saturated rings. The van der Waals surface area contributed by atoms with Crippen LogP contribution in [0.25, 0.3) is 0 Å². The molecule has 0 unspecified atom stereocenters. The van der Waals surface area contributed by atoms with Gasteiger partial charge in [-0.1, -0.05) is 17.7 Å². The Morgan fingerprint density at radius 3 is 2.94 bits per heavy atom. The van der Waals surface area contributed by atoms with Gasteiger partial charge in [0.2, 0.25) is 0 Å². The molecule has 0 saturated carbocycles. The van der Waals surface area contributed by atoms with Crippen LogP contribution in [0.5, 0.6) is 0 Å². The van der Waals surface area contributed by atoms with E-state index < -0.39 is 5.97 Å². The molecule has 0 aliphatic rings. The number of halogens is 1. The van der Waals surface area contributed by atoms with Gasteiger partial charge in [0.15, 0.2) is 0 Å². The van der Waals surface area contributed by atoms with Crippen molar-refractivity contribution in [1.29, 1.82) is 0 Å². The Kier molecular flexibility index (Phi) is 4.23. The normalized spacial score (nSPS) is 10.1. The van der Waals surface area contributed by atoms with E-state index in [-0.39, 0.29) is 0 Å². The minimum Gasteiger partial charge on any atom is -0.465 e. The first-order valence-electron chi connectivity index (χ1n) is 5.35. The average molecular weight is 282 g/mol. The molecule has 0 radical (unpaired) electrons. The van der Waals surface area contributed by atoms with Gasteiger partial charge in [-0.3, -0.25) is 0 Å². The average Bonchev–Trinajstić information content (AvgIpc) is 2.89.